The number of aryl methyl sites for hydroxylation is 1. The number of hydrogen-bond donors (Lipinski definition) is 1. The van der Waals surface area contributed by atoms with Crippen LogP contribution < -0.4 is 10.9 Å². The third-order valence-corrected chi connectivity index (χ3v) is 6.14. The number of hydrogen-bond acceptors (Lipinski definition) is 3. The van der Waals surface area contributed by atoms with E-state index in [1.54, 1.807) is 0 Å². The van der Waals surface area contributed by atoms with Gasteiger partial charge in [-0.1, -0.05) is 57.4 Å². The summed E-state index contributed by atoms with van der Waals surface area (Å²) in [5.41, 5.74) is 7.00. The minimum atomic E-state index is -1.78. The average Bonchev–Trinajstić information content (AvgIpc) is 2.58. The van der Waals surface area contributed by atoms with Crippen molar-refractivity contribution in [3.05, 3.63) is 29.8 Å². The van der Waals surface area contributed by atoms with E-state index in [-0.39, 0.29) is 0 Å². The van der Waals surface area contributed by atoms with Crippen LogP contribution >= 0.6 is 0 Å². The van der Waals surface area contributed by atoms with Gasteiger partial charge in [0.1, 0.15) is 0 Å². The highest BCUT2D eigenvalue weighted by molar-refractivity contribution is 6.61. The third-order valence-electron chi connectivity index (χ3n) is 3.99. The van der Waals surface area contributed by atoms with Crippen LogP contribution in [0.1, 0.15) is 64.4 Å². The highest BCUT2D eigenvalue weighted by atomic mass is 28.3. The van der Waals surface area contributed by atoms with Crippen LogP contribution in [-0.4, -0.2) is 29.0 Å². The molecule has 0 saturated heterocycles. The number of benzene rings is 1. The van der Waals surface area contributed by atoms with Crippen molar-refractivity contribution in [2.45, 2.75) is 65.2 Å². The molecule has 0 aliphatic rings. The molecule has 0 heterocycles. The summed E-state index contributed by atoms with van der Waals surface area (Å²) < 4.78 is 12.4. The molecule has 0 aliphatic carbocycles. The first-order valence-corrected chi connectivity index (χ1v) is 10.9. The maximum absolute atomic E-state index is 6.18. The van der Waals surface area contributed by atoms with Gasteiger partial charge in [-0.3, -0.25) is 0 Å². The van der Waals surface area contributed by atoms with Gasteiger partial charge >= 0.3 is 9.28 Å². The highest BCUT2D eigenvalue weighted by Crippen LogP contribution is 2.08. The van der Waals surface area contributed by atoms with Crippen LogP contribution in [0.3, 0.4) is 0 Å². The minimum absolute atomic E-state index is 0.791. The monoisotopic (exact) mass is 337 g/mol. The maximum Gasteiger partial charge on any atom is 0.356 e. The van der Waals surface area contributed by atoms with Crippen LogP contribution in [0.4, 0.5) is 0 Å². The van der Waals surface area contributed by atoms with Crippen molar-refractivity contribution in [2.24, 2.45) is 5.73 Å². The van der Waals surface area contributed by atoms with Gasteiger partial charge < -0.3 is 14.6 Å². The zero-order valence-electron chi connectivity index (χ0n) is 15.1. The van der Waals surface area contributed by atoms with Crippen LogP contribution in [0.25, 0.3) is 0 Å². The van der Waals surface area contributed by atoms with E-state index in [4.69, 9.17) is 14.6 Å². The molecule has 0 fully saturated rings. The lowest BCUT2D eigenvalue weighted by atomic mass is 10.1. The zero-order chi connectivity index (χ0) is 16.8. The molecule has 0 atom stereocenters. The lowest BCUT2D eigenvalue weighted by Crippen LogP contribution is -2.39. The van der Waals surface area contributed by atoms with E-state index in [1.165, 1.54) is 23.6 Å². The first kappa shape index (κ1) is 20.4. The van der Waals surface area contributed by atoms with Crippen LogP contribution in [0.15, 0.2) is 24.3 Å². The molecule has 23 heavy (non-hydrogen) atoms. The van der Waals surface area contributed by atoms with E-state index >= 15 is 0 Å². The Labute approximate surface area is 144 Å². The van der Waals surface area contributed by atoms with Gasteiger partial charge in [0.2, 0.25) is 0 Å². The van der Waals surface area contributed by atoms with Crippen molar-refractivity contribution in [3.63, 3.8) is 0 Å². The molecule has 0 spiro atoms. The van der Waals surface area contributed by atoms with Gasteiger partial charge in [0.25, 0.3) is 0 Å². The van der Waals surface area contributed by atoms with Crippen LogP contribution in [0.5, 0.6) is 0 Å². The van der Waals surface area contributed by atoms with Gasteiger partial charge in [-0.2, -0.15) is 0 Å². The summed E-state index contributed by atoms with van der Waals surface area (Å²) in [6.45, 7) is 6.83. The largest absolute Gasteiger partial charge is 0.393 e. The van der Waals surface area contributed by atoms with E-state index in [9.17, 15) is 0 Å². The smallest absolute Gasteiger partial charge is 0.356 e. The van der Waals surface area contributed by atoms with E-state index in [1.807, 2.05) is 0 Å². The Bertz CT molecular complexity index is 391. The van der Waals surface area contributed by atoms with Gasteiger partial charge in [0.05, 0.1) is 0 Å². The van der Waals surface area contributed by atoms with Crippen LogP contribution in [0, 0.1) is 0 Å². The summed E-state index contributed by atoms with van der Waals surface area (Å²) in [5.74, 6) is 0. The molecule has 0 saturated carbocycles. The molecule has 1 aromatic rings. The van der Waals surface area contributed by atoms with Crippen molar-refractivity contribution in [3.8, 4) is 0 Å². The second-order valence-electron chi connectivity index (χ2n) is 6.08. The summed E-state index contributed by atoms with van der Waals surface area (Å²) >= 11 is 0. The van der Waals surface area contributed by atoms with Gasteiger partial charge in [-0.25, -0.2) is 0 Å². The lowest BCUT2D eigenvalue weighted by Gasteiger charge is -2.20. The molecular weight excluding hydrogens is 302 g/mol. The molecule has 132 valence electrons. The fraction of sp³-hybridized carbons (Fsp3) is 0.684. The molecule has 0 aliphatic heterocycles. The number of unbranched alkanes of at least 4 members (excludes halogenated alkanes) is 4. The Kier molecular flexibility index (Phi) is 12.2. The first-order chi connectivity index (χ1) is 11.3. The standard InChI is InChI=1S/C19H35NO2Si/c1-3-5-16-21-23(22-17-6-4-2)19-14-10-9-13-18(19)12-8-7-11-15-20/h9-10,13-14,23H,3-8,11-12,15-17,20H2,1-2H3. The van der Waals surface area contributed by atoms with Gasteiger partial charge in [-0.05, 0) is 49.4 Å². The van der Waals surface area contributed by atoms with Crippen molar-refractivity contribution in [1.29, 1.82) is 0 Å². The van der Waals surface area contributed by atoms with Gasteiger partial charge in [0.15, 0.2) is 0 Å². The Balaban J connectivity index is 2.69. The molecule has 0 aromatic heterocycles. The third kappa shape index (κ3) is 8.65. The predicted molar refractivity (Wildman–Crippen MR) is 102 cm³/mol. The molecule has 4 heteroatoms. The maximum atomic E-state index is 6.18. The molecule has 0 bridgehead atoms. The normalized spacial score (nSPS) is 11.3. The lowest BCUT2D eigenvalue weighted by molar-refractivity contribution is 0.202. The highest BCUT2D eigenvalue weighted by Gasteiger charge is 2.19. The Hall–Kier alpha value is -0.683. The predicted octanol–water partition coefficient (Wildman–Crippen LogP) is 3.42. The van der Waals surface area contributed by atoms with E-state index < -0.39 is 9.28 Å². The van der Waals surface area contributed by atoms with E-state index in [0.29, 0.717) is 0 Å². The van der Waals surface area contributed by atoms with E-state index in [0.717, 1.165) is 58.3 Å². The summed E-state index contributed by atoms with van der Waals surface area (Å²) in [5, 5.41) is 1.34. The average molecular weight is 338 g/mol. The summed E-state index contributed by atoms with van der Waals surface area (Å²) in [6.07, 6.45) is 9.16. The molecular formula is C19H35NO2Si. The van der Waals surface area contributed by atoms with Crippen LogP contribution in [-0.2, 0) is 15.3 Å². The SMILES string of the molecule is CCCCO[SiH](OCCCC)c1ccccc1CCCCCN. The molecule has 1 aromatic carbocycles. The van der Waals surface area contributed by atoms with E-state index in [2.05, 4.69) is 38.1 Å². The molecule has 0 unspecified atom stereocenters. The van der Waals surface area contributed by atoms with Gasteiger partial charge in [-0.15, -0.1) is 0 Å². The number of rotatable bonds is 14. The molecule has 2 N–H and O–H groups in total. The number of nitrogens with two attached hydrogens (primary N) is 1. The second kappa shape index (κ2) is 13.7. The quantitative estimate of drug-likeness (QED) is 0.418. The van der Waals surface area contributed by atoms with Crippen molar-refractivity contribution >= 4 is 14.5 Å². The zero-order valence-corrected chi connectivity index (χ0v) is 16.2. The Morgan fingerprint density at radius 1 is 0.870 bits per heavy atom. The molecule has 0 amide bonds. The summed E-state index contributed by atoms with van der Waals surface area (Å²) in [4.78, 5) is 0. The van der Waals surface area contributed by atoms with Crippen molar-refractivity contribution in [2.75, 3.05) is 19.8 Å². The molecule has 1 rings (SSSR count). The van der Waals surface area contributed by atoms with Crippen molar-refractivity contribution < 1.29 is 8.85 Å². The Morgan fingerprint density at radius 2 is 1.52 bits per heavy atom. The summed E-state index contributed by atoms with van der Waals surface area (Å²) in [7, 11) is -1.78. The fourth-order valence-corrected chi connectivity index (χ4v) is 4.55. The van der Waals surface area contributed by atoms with Gasteiger partial charge in [0, 0.05) is 13.2 Å². The summed E-state index contributed by atoms with van der Waals surface area (Å²) in [6, 6.07) is 8.70. The second-order valence-corrected chi connectivity index (χ2v) is 8.03. The molecule has 0 radical (unpaired) electrons. The van der Waals surface area contributed by atoms with Crippen LogP contribution in [0.2, 0.25) is 0 Å². The topological polar surface area (TPSA) is 44.5 Å². The minimum Gasteiger partial charge on any atom is -0.393 e. The van der Waals surface area contributed by atoms with Crippen molar-refractivity contribution in [1.82, 2.24) is 0 Å². The first-order valence-electron chi connectivity index (χ1n) is 9.34. The fourth-order valence-electron chi connectivity index (χ4n) is 2.53. The molecule has 3 nitrogen and oxygen atoms in total. The Morgan fingerprint density at radius 3 is 2.13 bits per heavy atom.